The molecule has 2 aromatic rings. The molecule has 0 radical (unpaired) electrons. The van der Waals surface area contributed by atoms with Gasteiger partial charge in [-0.05, 0) is 77.4 Å². The number of carbonyl (C=O) groups is 1. The van der Waals surface area contributed by atoms with Crippen LogP contribution in [0.4, 0.5) is 0 Å². The first-order valence-corrected chi connectivity index (χ1v) is 11.6. The number of carbonyl (C=O) groups excluding carboxylic acids is 1. The molecular weight excluding hydrogens is 420 g/mol. The Balaban J connectivity index is 2.33. The van der Waals surface area contributed by atoms with Crippen LogP contribution in [0.15, 0.2) is 46.5 Å². The van der Waals surface area contributed by atoms with E-state index in [1.54, 1.807) is 25.4 Å². The smallest absolute Gasteiger partial charge is 0.341 e. The zero-order chi connectivity index (χ0) is 22.5. The molecule has 0 saturated carbocycles. The van der Waals surface area contributed by atoms with E-state index < -0.39 is 22.6 Å². The normalized spacial score (nSPS) is 13.0. The fourth-order valence-electron chi connectivity index (χ4n) is 2.35. The second-order valence-electron chi connectivity index (χ2n) is 8.64. The molecule has 0 aliphatic carbocycles. The third-order valence-corrected chi connectivity index (χ3v) is 6.47. The Morgan fingerprint density at radius 3 is 2.47 bits per heavy atom. The van der Waals surface area contributed by atoms with Crippen molar-refractivity contribution in [2.24, 2.45) is 0 Å². The van der Waals surface area contributed by atoms with E-state index in [-0.39, 0.29) is 4.75 Å². The van der Waals surface area contributed by atoms with Gasteiger partial charge in [0, 0.05) is 17.6 Å². The van der Waals surface area contributed by atoms with Crippen molar-refractivity contribution >= 4 is 28.7 Å². The van der Waals surface area contributed by atoms with Crippen LogP contribution in [0.5, 0.6) is 5.75 Å². The largest absolute Gasteiger partial charge is 0.497 e. The predicted molar refractivity (Wildman–Crippen MR) is 121 cm³/mol. The van der Waals surface area contributed by atoms with Crippen LogP contribution in [-0.2, 0) is 22.3 Å². The van der Waals surface area contributed by atoms with Gasteiger partial charge in [-0.2, -0.15) is 0 Å². The number of aromatic nitrogens is 1. The average molecular weight is 451 g/mol. The van der Waals surface area contributed by atoms with Crippen molar-refractivity contribution in [3.8, 4) is 5.75 Å². The summed E-state index contributed by atoms with van der Waals surface area (Å²) in [6, 6.07) is 9.08. The van der Waals surface area contributed by atoms with Crippen molar-refractivity contribution in [2.45, 2.75) is 68.4 Å². The Kier molecular flexibility index (Phi) is 8.07. The molecule has 30 heavy (non-hydrogen) atoms. The van der Waals surface area contributed by atoms with Crippen molar-refractivity contribution in [2.75, 3.05) is 7.11 Å². The molecule has 2 rings (SSSR count). The third-order valence-electron chi connectivity index (χ3n) is 3.81. The molecule has 1 N–H and O–H groups in total. The standard InChI is InChI=1S/C22H30N2O4S2/c1-21(2,3)28-20(25)17-9-8-12-23-19(17)29-18-11-10-16(27-7)13-15(18)14-24-30(26)22(4,5)6/h8-13,24H,14H2,1-7H3. The van der Waals surface area contributed by atoms with Gasteiger partial charge in [0.05, 0.1) is 28.4 Å². The maximum absolute atomic E-state index is 12.6. The van der Waals surface area contributed by atoms with Gasteiger partial charge in [0.25, 0.3) is 0 Å². The van der Waals surface area contributed by atoms with Crippen LogP contribution in [0.2, 0.25) is 0 Å². The number of methoxy groups -OCH3 is 1. The summed E-state index contributed by atoms with van der Waals surface area (Å²) in [7, 11) is 0.389. The first kappa shape index (κ1) is 24.4. The molecule has 0 aliphatic heterocycles. The number of nitrogens with one attached hydrogen (secondary N) is 1. The molecule has 0 amide bonds. The Labute approximate surface area is 185 Å². The van der Waals surface area contributed by atoms with Crippen molar-refractivity contribution in [3.63, 3.8) is 0 Å². The molecule has 164 valence electrons. The van der Waals surface area contributed by atoms with Crippen LogP contribution in [0.1, 0.15) is 57.5 Å². The molecule has 1 aromatic carbocycles. The highest BCUT2D eigenvalue weighted by molar-refractivity contribution is 7.99. The highest BCUT2D eigenvalue weighted by atomic mass is 32.2. The van der Waals surface area contributed by atoms with E-state index in [9.17, 15) is 9.00 Å². The Morgan fingerprint density at radius 2 is 1.87 bits per heavy atom. The number of benzene rings is 1. The van der Waals surface area contributed by atoms with Crippen LogP contribution in [-0.4, -0.2) is 32.6 Å². The van der Waals surface area contributed by atoms with E-state index in [1.165, 1.54) is 11.8 Å². The second-order valence-corrected chi connectivity index (χ2v) is 11.7. The lowest BCUT2D eigenvalue weighted by Gasteiger charge is -2.21. The lowest BCUT2D eigenvalue weighted by atomic mass is 10.2. The number of hydrogen-bond donors (Lipinski definition) is 1. The quantitative estimate of drug-likeness (QED) is 0.614. The van der Waals surface area contributed by atoms with Gasteiger partial charge < -0.3 is 9.47 Å². The third kappa shape index (κ3) is 7.11. The van der Waals surface area contributed by atoms with Crippen molar-refractivity contribution in [1.29, 1.82) is 0 Å². The highest BCUT2D eigenvalue weighted by Crippen LogP contribution is 2.34. The van der Waals surface area contributed by atoms with E-state index in [0.717, 1.165) is 10.5 Å². The van der Waals surface area contributed by atoms with Gasteiger partial charge in [-0.15, -0.1) is 0 Å². The fraction of sp³-hybridized carbons (Fsp3) is 0.455. The van der Waals surface area contributed by atoms with Gasteiger partial charge in [0.1, 0.15) is 16.4 Å². The Bertz CT molecular complexity index is 918. The van der Waals surface area contributed by atoms with Gasteiger partial charge in [-0.1, -0.05) is 11.8 Å². The summed E-state index contributed by atoms with van der Waals surface area (Å²) in [6.45, 7) is 11.6. The SMILES string of the molecule is COc1ccc(Sc2ncccc2C(=O)OC(C)(C)C)c(CNS(=O)C(C)(C)C)c1. The highest BCUT2D eigenvalue weighted by Gasteiger charge is 2.23. The predicted octanol–water partition coefficient (Wildman–Crippen LogP) is 4.75. The molecule has 6 nitrogen and oxygen atoms in total. The second kappa shape index (κ2) is 9.94. The Morgan fingerprint density at radius 1 is 1.17 bits per heavy atom. The van der Waals surface area contributed by atoms with E-state index in [1.807, 2.05) is 59.7 Å². The molecular formula is C22H30N2O4S2. The minimum atomic E-state index is -1.21. The molecule has 0 aliphatic rings. The summed E-state index contributed by atoms with van der Waals surface area (Å²) in [6.07, 6.45) is 1.65. The van der Waals surface area contributed by atoms with Crippen LogP contribution in [0, 0.1) is 0 Å². The lowest BCUT2D eigenvalue weighted by Crippen LogP contribution is -2.33. The van der Waals surface area contributed by atoms with Crippen molar-refractivity contribution in [3.05, 3.63) is 47.7 Å². The van der Waals surface area contributed by atoms with Gasteiger partial charge in [0.15, 0.2) is 0 Å². The molecule has 0 spiro atoms. The molecule has 8 heteroatoms. The summed E-state index contributed by atoms with van der Waals surface area (Å²) >= 11 is 1.37. The summed E-state index contributed by atoms with van der Waals surface area (Å²) in [5, 5.41) is 0.551. The fourth-order valence-corrected chi connectivity index (χ4v) is 4.05. The van der Waals surface area contributed by atoms with E-state index >= 15 is 0 Å². The summed E-state index contributed by atoms with van der Waals surface area (Å²) < 4.78 is 26.0. The molecule has 1 atom stereocenters. The molecule has 0 fully saturated rings. The molecule has 0 bridgehead atoms. The van der Waals surface area contributed by atoms with Crippen molar-refractivity contribution < 1.29 is 18.5 Å². The van der Waals surface area contributed by atoms with Gasteiger partial charge in [-0.3, -0.25) is 0 Å². The lowest BCUT2D eigenvalue weighted by molar-refractivity contribution is 0.00646. The van der Waals surface area contributed by atoms with E-state index in [0.29, 0.717) is 22.9 Å². The van der Waals surface area contributed by atoms with E-state index in [4.69, 9.17) is 9.47 Å². The van der Waals surface area contributed by atoms with Crippen LogP contribution < -0.4 is 9.46 Å². The average Bonchev–Trinajstić information content (AvgIpc) is 2.65. The van der Waals surface area contributed by atoms with Crippen molar-refractivity contribution in [1.82, 2.24) is 9.71 Å². The molecule has 0 saturated heterocycles. The number of pyridine rings is 1. The van der Waals surface area contributed by atoms with Crippen LogP contribution >= 0.6 is 11.8 Å². The Hall–Kier alpha value is -1.90. The van der Waals surface area contributed by atoms with Crippen LogP contribution in [0.3, 0.4) is 0 Å². The number of hydrogen-bond acceptors (Lipinski definition) is 6. The minimum Gasteiger partial charge on any atom is -0.497 e. The molecule has 1 aromatic heterocycles. The zero-order valence-corrected chi connectivity index (χ0v) is 20.2. The summed E-state index contributed by atoms with van der Waals surface area (Å²) in [5.41, 5.74) is 0.712. The summed E-state index contributed by atoms with van der Waals surface area (Å²) in [4.78, 5) is 17.9. The molecule has 1 heterocycles. The monoisotopic (exact) mass is 450 g/mol. The minimum absolute atomic E-state index is 0.378. The maximum atomic E-state index is 12.6. The topological polar surface area (TPSA) is 77.5 Å². The van der Waals surface area contributed by atoms with E-state index in [2.05, 4.69) is 9.71 Å². The number of rotatable bonds is 7. The van der Waals surface area contributed by atoms with Gasteiger partial charge in [0.2, 0.25) is 0 Å². The first-order chi connectivity index (χ1) is 13.9. The number of nitrogens with zero attached hydrogens (tertiary/aromatic N) is 1. The zero-order valence-electron chi connectivity index (χ0n) is 18.6. The number of esters is 1. The van der Waals surface area contributed by atoms with Gasteiger partial charge >= 0.3 is 5.97 Å². The number of ether oxygens (including phenoxy) is 2. The van der Waals surface area contributed by atoms with Gasteiger partial charge in [-0.25, -0.2) is 18.7 Å². The summed E-state index contributed by atoms with van der Waals surface area (Å²) in [5.74, 6) is 0.284. The maximum Gasteiger partial charge on any atom is 0.341 e. The molecule has 1 unspecified atom stereocenters. The first-order valence-electron chi connectivity index (χ1n) is 9.59. The van der Waals surface area contributed by atoms with Crippen LogP contribution in [0.25, 0.3) is 0 Å².